The Morgan fingerprint density at radius 1 is 0.727 bits per heavy atom. The first-order valence-electron chi connectivity index (χ1n) is 9.40. The summed E-state index contributed by atoms with van der Waals surface area (Å²) in [6.45, 7) is 15.1. The van der Waals surface area contributed by atoms with Crippen LogP contribution in [0.1, 0.15) is 0 Å². The summed E-state index contributed by atoms with van der Waals surface area (Å²) in [6, 6.07) is 0. The number of ether oxygens (including phenoxy) is 2. The number of quaternary nitrogens is 2. The van der Waals surface area contributed by atoms with Crippen LogP contribution in [0.5, 0.6) is 0 Å². The fourth-order valence-electron chi connectivity index (χ4n) is 0.958. The quantitative estimate of drug-likeness (QED) is 0.189. The molecule has 0 bridgehead atoms. The van der Waals surface area contributed by atoms with E-state index in [0.29, 0.717) is 13.2 Å². The molecule has 0 aromatic rings. The molecule has 2 N–H and O–H groups in total. The number of aliphatic carboxylic acids is 1. The smallest absolute Gasteiger partial charge is 0.330 e. The number of nitrogens with two attached hydrogens (primary N) is 1. The van der Waals surface area contributed by atoms with Gasteiger partial charge in [0.25, 0.3) is 0 Å². The molecule has 0 heterocycles. The van der Waals surface area contributed by atoms with Crippen molar-refractivity contribution in [2.24, 2.45) is 5.73 Å². The van der Waals surface area contributed by atoms with Crippen molar-refractivity contribution < 1.29 is 55.1 Å². The number of carbonyl (C=O) groups excluding carboxylic acids is 4. The molecule has 0 saturated heterocycles. The molecule has 10 nitrogen and oxygen atoms in total. The third-order valence-electron chi connectivity index (χ3n) is 2.71. The van der Waals surface area contributed by atoms with E-state index in [1.807, 2.05) is 42.3 Å². The summed E-state index contributed by atoms with van der Waals surface area (Å²) in [4.78, 5) is 39.7. The molecule has 0 radical (unpaired) electrons. The highest BCUT2D eigenvalue weighted by Crippen LogP contribution is 1.90. The summed E-state index contributed by atoms with van der Waals surface area (Å²) in [7, 11) is 12.3. The van der Waals surface area contributed by atoms with Crippen molar-refractivity contribution in [3.63, 3.8) is 0 Å². The van der Waals surface area contributed by atoms with Crippen LogP contribution in [0.4, 0.5) is 0 Å². The summed E-state index contributed by atoms with van der Waals surface area (Å²) in [5.74, 6) is -2.41. The number of carboxylic acids is 1. The Bertz CT molecular complexity index is 568. The lowest BCUT2D eigenvalue weighted by Crippen LogP contribution is -3.00. The number of carboxylic acid groups (broad SMARTS) is 1. The van der Waals surface area contributed by atoms with Crippen LogP contribution in [0.15, 0.2) is 50.6 Å². The molecule has 0 atom stereocenters. The van der Waals surface area contributed by atoms with Gasteiger partial charge in [-0.2, -0.15) is 0 Å². The van der Waals surface area contributed by atoms with Gasteiger partial charge in [-0.15, -0.1) is 0 Å². The van der Waals surface area contributed by atoms with Crippen molar-refractivity contribution in [2.75, 3.05) is 68.6 Å². The molecule has 1 amide bonds. The average Bonchev–Trinajstić information content (AvgIpc) is 2.67. The number of hydrogen-bond acceptors (Lipinski definition) is 7. The van der Waals surface area contributed by atoms with Crippen LogP contribution in [-0.2, 0) is 28.7 Å². The van der Waals surface area contributed by atoms with Gasteiger partial charge in [-0.25, -0.2) is 9.59 Å². The topological polar surface area (TPSA) is 136 Å². The maximum atomic E-state index is 10.6. The lowest BCUT2D eigenvalue weighted by molar-refractivity contribution is -0.870. The lowest BCUT2D eigenvalue weighted by Gasteiger charge is -2.23. The highest BCUT2D eigenvalue weighted by molar-refractivity contribution is 5.85. The second-order valence-corrected chi connectivity index (χ2v) is 7.90. The molecule has 0 aliphatic heterocycles. The predicted molar refractivity (Wildman–Crippen MR) is 123 cm³/mol. The van der Waals surface area contributed by atoms with E-state index in [0.717, 1.165) is 34.2 Å². The predicted octanol–water partition coefficient (Wildman–Crippen LogP) is -3.57. The zero-order valence-corrected chi connectivity index (χ0v) is 21.4. The van der Waals surface area contributed by atoms with Gasteiger partial charge in [-0.1, -0.05) is 26.3 Å². The van der Waals surface area contributed by atoms with E-state index in [1.54, 1.807) is 0 Å². The minimum atomic E-state index is -1.23. The van der Waals surface area contributed by atoms with Crippen LogP contribution in [0.2, 0.25) is 0 Å². The average molecular weight is 494 g/mol. The van der Waals surface area contributed by atoms with Gasteiger partial charge in [0.15, 0.2) is 0 Å². The van der Waals surface area contributed by atoms with Crippen LogP contribution < -0.4 is 23.2 Å². The number of esters is 2. The molecule has 0 aliphatic carbocycles. The van der Waals surface area contributed by atoms with Crippen molar-refractivity contribution in [3.05, 3.63) is 50.6 Å². The van der Waals surface area contributed by atoms with Gasteiger partial charge in [-0.3, -0.25) is 4.79 Å². The molecule has 33 heavy (non-hydrogen) atoms. The molecular weight excluding hydrogens is 454 g/mol. The molecule has 0 aliphatic rings. The van der Waals surface area contributed by atoms with Gasteiger partial charge < -0.3 is 46.5 Å². The van der Waals surface area contributed by atoms with Crippen molar-refractivity contribution in [2.45, 2.75) is 0 Å². The van der Waals surface area contributed by atoms with Crippen LogP contribution in [0.3, 0.4) is 0 Å². The first-order valence-corrected chi connectivity index (χ1v) is 9.40. The van der Waals surface area contributed by atoms with Crippen molar-refractivity contribution in [1.82, 2.24) is 0 Å². The number of hydrogen-bond donors (Lipinski definition) is 1. The van der Waals surface area contributed by atoms with Crippen molar-refractivity contribution in [1.29, 1.82) is 0 Å². The Hall–Kier alpha value is -2.95. The van der Waals surface area contributed by atoms with E-state index in [2.05, 4.69) is 32.0 Å². The van der Waals surface area contributed by atoms with Crippen LogP contribution in [-0.4, -0.2) is 101 Å². The molecule has 0 rings (SSSR count). The zero-order valence-electron chi connectivity index (χ0n) is 20.7. The van der Waals surface area contributed by atoms with E-state index in [-0.39, 0.29) is 24.3 Å². The molecule has 0 aromatic heterocycles. The number of carbonyl (C=O) groups is 4. The summed E-state index contributed by atoms with van der Waals surface area (Å²) >= 11 is 0. The molecule has 192 valence electrons. The Labute approximate surface area is 204 Å². The van der Waals surface area contributed by atoms with Crippen molar-refractivity contribution in [3.8, 4) is 0 Å². The molecular formula is C22H40ClN3O7. The number of likely N-dealkylation sites (N-methyl/N-ethyl adjacent to an activating group) is 2. The zero-order chi connectivity index (χ0) is 26.4. The van der Waals surface area contributed by atoms with E-state index < -0.39 is 11.9 Å². The molecule has 0 saturated carbocycles. The fourth-order valence-corrected chi connectivity index (χ4v) is 0.958. The van der Waals surface area contributed by atoms with Gasteiger partial charge in [0.2, 0.25) is 5.91 Å². The molecule has 0 aromatic carbocycles. The Kier molecular flexibility index (Phi) is 29.0. The van der Waals surface area contributed by atoms with Gasteiger partial charge in [-0.05, 0) is 12.2 Å². The summed E-state index contributed by atoms with van der Waals surface area (Å²) in [5, 5.41) is 9.14. The lowest BCUT2D eigenvalue weighted by atomic mass is 10.5. The molecule has 0 spiro atoms. The van der Waals surface area contributed by atoms with E-state index >= 15 is 0 Å². The highest BCUT2D eigenvalue weighted by Gasteiger charge is 2.07. The summed E-state index contributed by atoms with van der Waals surface area (Å²) < 4.78 is 11.2. The largest absolute Gasteiger partial charge is 1.00 e. The third kappa shape index (κ3) is 58.6. The minimum Gasteiger partial charge on any atom is -1.00 e. The minimum absolute atomic E-state index is 0. The second kappa shape index (κ2) is 23.7. The monoisotopic (exact) mass is 493 g/mol. The van der Waals surface area contributed by atoms with Gasteiger partial charge in [0.1, 0.15) is 26.3 Å². The normalized spacial score (nSPS) is 9.15. The second-order valence-electron chi connectivity index (χ2n) is 7.90. The van der Waals surface area contributed by atoms with E-state index in [4.69, 9.17) is 19.4 Å². The Morgan fingerprint density at radius 2 is 0.970 bits per heavy atom. The Balaban J connectivity index is -0.000000112. The maximum Gasteiger partial charge on any atom is 0.330 e. The van der Waals surface area contributed by atoms with Gasteiger partial charge in [0, 0.05) is 12.2 Å². The van der Waals surface area contributed by atoms with Crippen LogP contribution in [0.25, 0.3) is 0 Å². The van der Waals surface area contributed by atoms with E-state index in [9.17, 15) is 14.4 Å². The van der Waals surface area contributed by atoms with Gasteiger partial charge in [0.05, 0.1) is 48.3 Å². The standard InChI is InChI=1S/2C8H16NO2.C3H5NO.C3H4O2.ClH/c2*1-5-8(10)11-7-6-9(2,3)4;2*1-2-3(4)5;/h2*5H,1,6-7H2,2-4H3;2H,1H2,(H2,4,5);2H,1H2,(H,4,5);1H/q2*+1;;;/p-2. The maximum absolute atomic E-state index is 10.6. The molecule has 0 fully saturated rings. The molecule has 11 heteroatoms. The Morgan fingerprint density at radius 3 is 1.09 bits per heavy atom. The number of halogens is 1. The molecule has 0 unspecified atom stereocenters. The van der Waals surface area contributed by atoms with Crippen LogP contribution in [0, 0.1) is 0 Å². The van der Waals surface area contributed by atoms with Crippen LogP contribution >= 0.6 is 0 Å². The highest BCUT2D eigenvalue weighted by atomic mass is 35.5. The third-order valence-corrected chi connectivity index (χ3v) is 2.71. The first kappa shape index (κ1) is 40.4. The van der Waals surface area contributed by atoms with Gasteiger partial charge >= 0.3 is 11.9 Å². The fraction of sp³-hybridized carbons (Fsp3) is 0.455. The SMILES string of the molecule is C=CC(=O)OCC[N+](C)(C)C.C=CC(=O)OCC[N+](C)(C)C.C=CC(=O)[O-].C=CC(N)=O.[Cl-]. The first-order chi connectivity index (χ1) is 14.4. The number of primary amides is 1. The number of amides is 1. The van der Waals surface area contributed by atoms with E-state index in [1.165, 1.54) is 12.2 Å². The summed E-state index contributed by atoms with van der Waals surface area (Å²) in [6.07, 6.45) is 4.13. The number of nitrogens with zero attached hydrogens (tertiary/aromatic N) is 2. The summed E-state index contributed by atoms with van der Waals surface area (Å²) in [5.41, 5.74) is 4.53. The van der Waals surface area contributed by atoms with Crippen molar-refractivity contribution >= 4 is 23.8 Å². The number of rotatable bonds is 10.